The molecule has 0 saturated heterocycles. The molecule has 3 aromatic rings. The number of nitrogens with one attached hydrogen (secondary N) is 2. The summed E-state index contributed by atoms with van der Waals surface area (Å²) in [5.41, 5.74) is 1.58. The van der Waals surface area contributed by atoms with Crippen molar-refractivity contribution in [3.8, 4) is 5.75 Å². The summed E-state index contributed by atoms with van der Waals surface area (Å²) in [6, 6.07) is 12.3. The van der Waals surface area contributed by atoms with E-state index in [1.165, 1.54) is 11.5 Å². The van der Waals surface area contributed by atoms with Gasteiger partial charge in [0.2, 0.25) is 0 Å². The number of rotatable bonds is 7. The molecule has 150 valence electrons. The van der Waals surface area contributed by atoms with Gasteiger partial charge in [-0.2, -0.15) is 0 Å². The van der Waals surface area contributed by atoms with E-state index in [-0.39, 0.29) is 22.4 Å². The van der Waals surface area contributed by atoms with E-state index in [0.29, 0.717) is 17.9 Å². The number of benzene rings is 2. The van der Waals surface area contributed by atoms with Crippen LogP contribution in [0.25, 0.3) is 11.0 Å². The Morgan fingerprint density at radius 1 is 1.10 bits per heavy atom. The third-order valence-electron chi connectivity index (χ3n) is 4.21. The van der Waals surface area contributed by atoms with Crippen LogP contribution in [0.4, 0.5) is 5.69 Å². The summed E-state index contributed by atoms with van der Waals surface area (Å²) in [5, 5.41) is 11.6. The molecule has 0 aliphatic heterocycles. The molecule has 2 amide bonds. The number of hydrogen-bond donors (Lipinski definition) is 3. The fraction of sp³-hybridized carbons (Fsp3) is 0.190. The van der Waals surface area contributed by atoms with Gasteiger partial charge in [-0.1, -0.05) is 19.4 Å². The van der Waals surface area contributed by atoms with Gasteiger partial charge in [-0.3, -0.25) is 19.6 Å². The van der Waals surface area contributed by atoms with Crippen LogP contribution in [0, 0.1) is 0 Å². The fourth-order valence-corrected chi connectivity index (χ4v) is 2.67. The molecule has 0 saturated carbocycles. The van der Waals surface area contributed by atoms with Gasteiger partial charge in [0.25, 0.3) is 5.91 Å². The molecular weight excluding hydrogens is 376 g/mol. The van der Waals surface area contributed by atoms with Crippen LogP contribution in [0.1, 0.15) is 40.7 Å². The average molecular weight is 396 g/mol. The Balaban J connectivity index is 1.85. The van der Waals surface area contributed by atoms with Crippen molar-refractivity contribution in [1.29, 1.82) is 0 Å². The molecule has 0 unspecified atom stereocenters. The standard InChI is InChI=1S/C21H20N2O6/c1-2-3-11-28-14-9-7-13(8-10-14)20(25)22-16-6-4-5-15-17(24)12-18(21(26)23-27)29-19(15)16/h4-10,12,27H,2-3,11H2,1H3,(H,22,25)(H,23,26). The first-order valence-electron chi connectivity index (χ1n) is 9.09. The first kappa shape index (κ1) is 20.1. The lowest BCUT2D eigenvalue weighted by molar-refractivity contribution is 0.0676. The van der Waals surface area contributed by atoms with Gasteiger partial charge < -0.3 is 14.5 Å². The number of para-hydroxylation sites is 1. The molecule has 3 N–H and O–H groups in total. The van der Waals surface area contributed by atoms with Crippen LogP contribution in [0.15, 0.2) is 57.7 Å². The lowest BCUT2D eigenvalue weighted by Gasteiger charge is -2.10. The van der Waals surface area contributed by atoms with Gasteiger partial charge in [0.15, 0.2) is 16.8 Å². The number of ether oxygens (including phenoxy) is 1. The van der Waals surface area contributed by atoms with Crippen molar-refractivity contribution in [2.24, 2.45) is 0 Å². The van der Waals surface area contributed by atoms with Gasteiger partial charge in [-0.15, -0.1) is 0 Å². The van der Waals surface area contributed by atoms with Crippen molar-refractivity contribution in [2.75, 3.05) is 11.9 Å². The Bertz CT molecular complexity index is 1090. The van der Waals surface area contributed by atoms with Crippen LogP contribution in [0.5, 0.6) is 5.75 Å². The van der Waals surface area contributed by atoms with Gasteiger partial charge in [0, 0.05) is 11.6 Å². The summed E-state index contributed by atoms with van der Waals surface area (Å²) in [5.74, 6) is -1.09. The van der Waals surface area contributed by atoms with Crippen LogP contribution >= 0.6 is 0 Å². The fourth-order valence-electron chi connectivity index (χ4n) is 2.67. The number of anilines is 1. The first-order chi connectivity index (χ1) is 14.0. The second-order valence-corrected chi connectivity index (χ2v) is 6.28. The number of amides is 2. The number of fused-ring (bicyclic) bond motifs is 1. The van der Waals surface area contributed by atoms with Gasteiger partial charge in [-0.05, 0) is 42.8 Å². The largest absolute Gasteiger partial charge is 0.494 e. The molecule has 0 atom stereocenters. The molecule has 1 aromatic heterocycles. The van der Waals surface area contributed by atoms with Gasteiger partial charge in [0.05, 0.1) is 17.7 Å². The van der Waals surface area contributed by atoms with Crippen molar-refractivity contribution in [1.82, 2.24) is 5.48 Å². The maximum atomic E-state index is 12.6. The average Bonchev–Trinajstić information content (AvgIpc) is 2.74. The maximum absolute atomic E-state index is 12.6. The second kappa shape index (κ2) is 9.03. The molecule has 0 bridgehead atoms. The van der Waals surface area contributed by atoms with E-state index >= 15 is 0 Å². The number of hydroxylamine groups is 1. The van der Waals surface area contributed by atoms with Crippen molar-refractivity contribution >= 4 is 28.5 Å². The second-order valence-electron chi connectivity index (χ2n) is 6.28. The Hall–Kier alpha value is -3.65. The minimum atomic E-state index is -0.969. The van der Waals surface area contributed by atoms with E-state index in [2.05, 4.69) is 12.2 Å². The molecule has 0 aliphatic carbocycles. The number of unbranched alkanes of at least 4 members (excludes halogenated alkanes) is 1. The van der Waals surface area contributed by atoms with E-state index in [4.69, 9.17) is 14.4 Å². The van der Waals surface area contributed by atoms with Gasteiger partial charge in [0.1, 0.15) is 5.75 Å². The van der Waals surface area contributed by atoms with Crippen LogP contribution < -0.4 is 21.0 Å². The highest BCUT2D eigenvalue weighted by molar-refractivity contribution is 6.08. The molecule has 0 spiro atoms. The summed E-state index contributed by atoms with van der Waals surface area (Å²) in [6.45, 7) is 2.69. The van der Waals surface area contributed by atoms with Crippen LogP contribution in [-0.4, -0.2) is 23.6 Å². The Morgan fingerprint density at radius 2 is 1.86 bits per heavy atom. The number of carbonyl (C=O) groups is 2. The molecule has 0 aliphatic rings. The predicted octanol–water partition coefficient (Wildman–Crippen LogP) is 3.34. The molecular formula is C21H20N2O6. The minimum Gasteiger partial charge on any atom is -0.494 e. The quantitative estimate of drug-likeness (QED) is 0.320. The summed E-state index contributed by atoms with van der Waals surface area (Å²) in [4.78, 5) is 36.4. The number of hydrogen-bond acceptors (Lipinski definition) is 6. The van der Waals surface area contributed by atoms with E-state index in [1.54, 1.807) is 36.4 Å². The zero-order chi connectivity index (χ0) is 20.8. The third kappa shape index (κ3) is 4.61. The molecule has 3 rings (SSSR count). The molecule has 2 aromatic carbocycles. The highest BCUT2D eigenvalue weighted by Gasteiger charge is 2.15. The topological polar surface area (TPSA) is 118 Å². The smallest absolute Gasteiger partial charge is 0.310 e. The van der Waals surface area contributed by atoms with E-state index < -0.39 is 17.2 Å². The van der Waals surface area contributed by atoms with E-state index in [1.807, 2.05) is 0 Å². The van der Waals surface area contributed by atoms with Gasteiger partial charge in [-0.25, -0.2) is 5.48 Å². The SMILES string of the molecule is CCCCOc1ccc(C(=O)Nc2cccc3c(=O)cc(C(=O)NO)oc23)cc1. The third-order valence-corrected chi connectivity index (χ3v) is 4.21. The Labute approximate surface area is 166 Å². The summed E-state index contributed by atoms with van der Waals surface area (Å²) in [7, 11) is 0. The zero-order valence-corrected chi connectivity index (χ0v) is 15.7. The van der Waals surface area contributed by atoms with Crippen molar-refractivity contribution in [2.45, 2.75) is 19.8 Å². The predicted molar refractivity (Wildman–Crippen MR) is 107 cm³/mol. The maximum Gasteiger partial charge on any atom is 0.310 e. The first-order valence-corrected chi connectivity index (χ1v) is 9.09. The van der Waals surface area contributed by atoms with E-state index in [9.17, 15) is 14.4 Å². The zero-order valence-electron chi connectivity index (χ0n) is 15.7. The van der Waals surface area contributed by atoms with Crippen molar-refractivity contribution in [3.05, 3.63) is 70.1 Å². The molecule has 8 heteroatoms. The Kier molecular flexibility index (Phi) is 6.25. The summed E-state index contributed by atoms with van der Waals surface area (Å²) < 4.78 is 11.0. The molecule has 8 nitrogen and oxygen atoms in total. The lowest BCUT2D eigenvalue weighted by Crippen LogP contribution is -2.20. The van der Waals surface area contributed by atoms with Crippen molar-refractivity contribution in [3.63, 3.8) is 0 Å². The highest BCUT2D eigenvalue weighted by atomic mass is 16.5. The molecule has 29 heavy (non-hydrogen) atoms. The van der Waals surface area contributed by atoms with Crippen LogP contribution in [-0.2, 0) is 0 Å². The van der Waals surface area contributed by atoms with E-state index in [0.717, 1.165) is 18.9 Å². The van der Waals surface area contributed by atoms with Crippen LogP contribution in [0.3, 0.4) is 0 Å². The van der Waals surface area contributed by atoms with Crippen molar-refractivity contribution < 1.29 is 24.0 Å². The monoisotopic (exact) mass is 396 g/mol. The molecule has 0 radical (unpaired) electrons. The highest BCUT2D eigenvalue weighted by Crippen LogP contribution is 2.23. The van der Waals surface area contributed by atoms with Gasteiger partial charge >= 0.3 is 5.91 Å². The minimum absolute atomic E-state index is 0.0338. The molecule has 0 fully saturated rings. The Morgan fingerprint density at radius 3 is 2.55 bits per heavy atom. The normalized spacial score (nSPS) is 10.6. The van der Waals surface area contributed by atoms with Crippen LogP contribution in [0.2, 0.25) is 0 Å². The molecule has 1 heterocycles. The lowest BCUT2D eigenvalue weighted by atomic mass is 10.1. The number of carbonyl (C=O) groups excluding carboxylic acids is 2. The summed E-state index contributed by atoms with van der Waals surface area (Å²) >= 11 is 0. The summed E-state index contributed by atoms with van der Waals surface area (Å²) in [6.07, 6.45) is 1.98.